The van der Waals surface area contributed by atoms with Gasteiger partial charge in [0.1, 0.15) is 0 Å². The monoisotopic (exact) mass is 168 g/mol. The molecule has 0 rings (SSSR count). The molecule has 2 heteroatoms. The quantitative estimate of drug-likeness (QED) is 0.622. The first kappa shape index (κ1) is 11.2. The van der Waals surface area contributed by atoms with Crippen LogP contribution >= 0.6 is 0 Å². The fourth-order valence-corrected chi connectivity index (χ4v) is 1.12. The topological polar surface area (TPSA) is 35.9 Å². The minimum atomic E-state index is 0.442. The lowest BCUT2D eigenvalue weighted by Gasteiger charge is -2.19. The molecule has 0 unspecified atom stereocenters. The molecule has 0 aliphatic carbocycles. The Morgan fingerprint density at radius 2 is 1.75 bits per heavy atom. The SMILES string of the molecule is C/C(C=N)=C(/NC(C)C)C(C)C. The number of hydrogen-bond acceptors (Lipinski definition) is 2. The molecule has 0 saturated heterocycles. The first-order valence-electron chi connectivity index (χ1n) is 4.46. The molecule has 0 atom stereocenters. The van der Waals surface area contributed by atoms with Crippen LogP contribution in [-0.4, -0.2) is 12.3 Å². The maximum absolute atomic E-state index is 7.15. The summed E-state index contributed by atoms with van der Waals surface area (Å²) in [5.74, 6) is 0.467. The van der Waals surface area contributed by atoms with Gasteiger partial charge in [-0.05, 0) is 32.3 Å². The highest BCUT2D eigenvalue weighted by molar-refractivity contribution is 5.75. The van der Waals surface area contributed by atoms with Gasteiger partial charge in [-0.2, -0.15) is 0 Å². The van der Waals surface area contributed by atoms with Crippen LogP contribution in [0.2, 0.25) is 0 Å². The summed E-state index contributed by atoms with van der Waals surface area (Å²) in [5, 5.41) is 10.5. The van der Waals surface area contributed by atoms with Crippen LogP contribution in [0.5, 0.6) is 0 Å². The van der Waals surface area contributed by atoms with E-state index in [9.17, 15) is 0 Å². The average Bonchev–Trinajstić information content (AvgIpc) is 1.98. The lowest BCUT2D eigenvalue weighted by Crippen LogP contribution is -2.26. The predicted molar refractivity (Wildman–Crippen MR) is 54.6 cm³/mol. The van der Waals surface area contributed by atoms with Crippen LogP contribution in [0, 0.1) is 11.3 Å². The van der Waals surface area contributed by atoms with Crippen LogP contribution in [0.25, 0.3) is 0 Å². The van der Waals surface area contributed by atoms with Crippen molar-refractivity contribution in [2.24, 2.45) is 5.92 Å². The molecule has 0 heterocycles. The van der Waals surface area contributed by atoms with Gasteiger partial charge in [0.05, 0.1) is 0 Å². The third-order valence-corrected chi connectivity index (χ3v) is 1.66. The van der Waals surface area contributed by atoms with Crippen LogP contribution in [0.15, 0.2) is 11.3 Å². The molecule has 0 aliphatic heterocycles. The molecule has 0 radical (unpaired) electrons. The molecule has 2 N–H and O–H groups in total. The van der Waals surface area contributed by atoms with Crippen LogP contribution in [0.4, 0.5) is 0 Å². The van der Waals surface area contributed by atoms with Gasteiger partial charge in [-0.15, -0.1) is 0 Å². The van der Waals surface area contributed by atoms with E-state index in [1.807, 2.05) is 6.92 Å². The number of hydrogen-bond donors (Lipinski definition) is 2. The Labute approximate surface area is 75.6 Å². The Morgan fingerprint density at radius 3 is 2.00 bits per heavy atom. The van der Waals surface area contributed by atoms with Crippen molar-refractivity contribution in [3.05, 3.63) is 11.3 Å². The summed E-state index contributed by atoms with van der Waals surface area (Å²) in [6, 6.07) is 0.442. The number of rotatable bonds is 4. The lowest BCUT2D eigenvalue weighted by molar-refractivity contribution is 0.585. The van der Waals surface area contributed by atoms with Crippen molar-refractivity contribution in [1.82, 2.24) is 5.32 Å². The summed E-state index contributed by atoms with van der Waals surface area (Å²) in [6.07, 6.45) is 1.41. The largest absolute Gasteiger partial charge is 0.386 e. The lowest BCUT2D eigenvalue weighted by atomic mass is 10.1. The molecule has 0 aromatic rings. The molecule has 2 nitrogen and oxygen atoms in total. The standard InChI is InChI=1S/C10H20N2/c1-7(2)10(9(5)6-11)12-8(3)4/h6-8,11-12H,1-5H3/b10-9-,11-6?. The zero-order valence-corrected chi connectivity index (χ0v) is 8.73. The Balaban J connectivity index is 4.54. The van der Waals surface area contributed by atoms with Gasteiger partial charge in [-0.3, -0.25) is 0 Å². The van der Waals surface area contributed by atoms with E-state index in [4.69, 9.17) is 5.41 Å². The maximum Gasteiger partial charge on any atom is 0.0224 e. The Morgan fingerprint density at radius 1 is 1.25 bits per heavy atom. The Hall–Kier alpha value is -0.790. The van der Waals surface area contributed by atoms with Crippen molar-refractivity contribution in [2.75, 3.05) is 0 Å². The molecule has 0 bridgehead atoms. The van der Waals surface area contributed by atoms with E-state index in [0.29, 0.717) is 12.0 Å². The summed E-state index contributed by atoms with van der Waals surface area (Å²) < 4.78 is 0. The fraction of sp³-hybridized carbons (Fsp3) is 0.700. The van der Waals surface area contributed by atoms with Gasteiger partial charge in [0.2, 0.25) is 0 Å². The summed E-state index contributed by atoms with van der Waals surface area (Å²) in [6.45, 7) is 10.5. The summed E-state index contributed by atoms with van der Waals surface area (Å²) >= 11 is 0. The summed E-state index contributed by atoms with van der Waals surface area (Å²) in [4.78, 5) is 0. The van der Waals surface area contributed by atoms with Crippen molar-refractivity contribution >= 4 is 6.21 Å². The summed E-state index contributed by atoms with van der Waals surface area (Å²) in [5.41, 5.74) is 2.21. The molecule has 0 aromatic heterocycles. The van der Waals surface area contributed by atoms with Gasteiger partial charge < -0.3 is 10.7 Å². The number of allylic oxidation sites excluding steroid dienone is 2. The molecule has 70 valence electrons. The highest BCUT2D eigenvalue weighted by Crippen LogP contribution is 2.10. The molecule has 12 heavy (non-hydrogen) atoms. The van der Waals surface area contributed by atoms with Crippen LogP contribution < -0.4 is 5.32 Å². The van der Waals surface area contributed by atoms with Gasteiger partial charge in [-0.1, -0.05) is 13.8 Å². The van der Waals surface area contributed by atoms with E-state index in [2.05, 4.69) is 33.0 Å². The molecular weight excluding hydrogens is 148 g/mol. The fourth-order valence-electron chi connectivity index (χ4n) is 1.12. The number of nitrogens with one attached hydrogen (secondary N) is 2. The maximum atomic E-state index is 7.15. The first-order valence-corrected chi connectivity index (χ1v) is 4.46. The van der Waals surface area contributed by atoms with Crippen molar-refractivity contribution in [3.8, 4) is 0 Å². The zero-order chi connectivity index (χ0) is 9.72. The smallest absolute Gasteiger partial charge is 0.0224 e. The van der Waals surface area contributed by atoms with Gasteiger partial charge in [0.15, 0.2) is 0 Å². The van der Waals surface area contributed by atoms with E-state index in [-0.39, 0.29) is 0 Å². The minimum Gasteiger partial charge on any atom is -0.386 e. The molecule has 0 spiro atoms. The second-order valence-electron chi connectivity index (χ2n) is 3.69. The molecular formula is C10H20N2. The Bertz CT molecular complexity index is 178. The molecule has 0 fully saturated rings. The van der Waals surface area contributed by atoms with Gasteiger partial charge >= 0.3 is 0 Å². The highest BCUT2D eigenvalue weighted by atomic mass is 14.9. The molecule has 0 saturated carbocycles. The molecule has 0 aromatic carbocycles. The van der Waals surface area contributed by atoms with Crippen molar-refractivity contribution < 1.29 is 0 Å². The minimum absolute atomic E-state index is 0.442. The van der Waals surface area contributed by atoms with Crippen LogP contribution in [0.3, 0.4) is 0 Å². The van der Waals surface area contributed by atoms with Gasteiger partial charge in [0.25, 0.3) is 0 Å². The van der Waals surface area contributed by atoms with E-state index >= 15 is 0 Å². The van der Waals surface area contributed by atoms with Crippen LogP contribution in [0.1, 0.15) is 34.6 Å². The third-order valence-electron chi connectivity index (χ3n) is 1.66. The first-order chi connectivity index (χ1) is 5.49. The van der Waals surface area contributed by atoms with E-state index < -0.39 is 0 Å². The predicted octanol–water partition coefficient (Wildman–Crippen LogP) is 2.56. The van der Waals surface area contributed by atoms with Crippen molar-refractivity contribution in [3.63, 3.8) is 0 Å². The Kier molecular flexibility index (Phi) is 4.64. The van der Waals surface area contributed by atoms with Gasteiger partial charge in [-0.25, -0.2) is 0 Å². The highest BCUT2D eigenvalue weighted by Gasteiger charge is 2.06. The van der Waals surface area contributed by atoms with Crippen molar-refractivity contribution in [1.29, 1.82) is 5.41 Å². The second-order valence-corrected chi connectivity index (χ2v) is 3.69. The van der Waals surface area contributed by atoms with Crippen molar-refractivity contribution in [2.45, 2.75) is 40.7 Å². The second kappa shape index (κ2) is 4.96. The van der Waals surface area contributed by atoms with Gasteiger partial charge in [0, 0.05) is 18.0 Å². The van der Waals surface area contributed by atoms with E-state index in [1.165, 1.54) is 11.9 Å². The summed E-state index contributed by atoms with van der Waals surface area (Å²) in [7, 11) is 0. The zero-order valence-electron chi connectivity index (χ0n) is 8.73. The normalized spacial score (nSPS) is 13.2. The van der Waals surface area contributed by atoms with E-state index in [1.54, 1.807) is 0 Å². The molecule has 0 aliphatic rings. The average molecular weight is 168 g/mol. The molecule has 0 amide bonds. The van der Waals surface area contributed by atoms with E-state index in [0.717, 1.165) is 5.57 Å². The van der Waals surface area contributed by atoms with Crippen LogP contribution in [-0.2, 0) is 0 Å². The third kappa shape index (κ3) is 3.56.